The molecule has 0 aromatic rings. The molecule has 2 aliphatic rings. The van der Waals surface area contributed by atoms with Gasteiger partial charge in [0.25, 0.3) is 0 Å². The molecule has 0 fully saturated rings. The zero-order valence-corrected chi connectivity index (χ0v) is 14.8. The molecule has 0 saturated carbocycles. The lowest BCUT2D eigenvalue weighted by Crippen LogP contribution is -2.42. The third-order valence-electron chi connectivity index (χ3n) is 4.87. The van der Waals surface area contributed by atoms with Crippen LogP contribution in [-0.2, 0) is 0 Å². The van der Waals surface area contributed by atoms with Crippen LogP contribution in [0.5, 0.6) is 0 Å². The summed E-state index contributed by atoms with van der Waals surface area (Å²) < 4.78 is 0. The van der Waals surface area contributed by atoms with Gasteiger partial charge in [-0.05, 0) is 58.6 Å². The van der Waals surface area contributed by atoms with Crippen LogP contribution in [0.25, 0.3) is 0 Å². The molecule has 2 nitrogen and oxygen atoms in total. The number of hydrogen-bond acceptors (Lipinski definition) is 2. The van der Waals surface area contributed by atoms with E-state index in [0.29, 0.717) is 11.8 Å². The molecule has 0 radical (unpaired) electrons. The maximum atomic E-state index is 3.99. The Hall–Kier alpha value is -1.62. The average molecular weight is 296 g/mol. The summed E-state index contributed by atoms with van der Waals surface area (Å²) in [6.45, 7) is 9.58. The standard InChI is InChI=1S/C20H28N2/c1-19(2)13-15(7-9-21-5)11-17-12-16(8-10-22-6)14-20(3,4)18(17)19/h7-8,11-12,15,18H,13-14H2,1-6H3. The minimum absolute atomic E-state index is 0.249. The van der Waals surface area contributed by atoms with Gasteiger partial charge in [-0.2, -0.15) is 0 Å². The van der Waals surface area contributed by atoms with Crippen molar-refractivity contribution >= 4 is 11.7 Å². The fraction of sp³-hybridized carbons (Fsp3) is 0.600. The normalized spacial score (nSPS) is 28.1. The van der Waals surface area contributed by atoms with Crippen LogP contribution in [0.4, 0.5) is 0 Å². The summed E-state index contributed by atoms with van der Waals surface area (Å²) in [5, 5.41) is 0. The van der Waals surface area contributed by atoms with E-state index in [0.717, 1.165) is 12.8 Å². The SMILES string of the molecule is CN=C=CC1=CC2=CC(C=C=NC)CC(C)(C)C2C(C)(C)C1. The van der Waals surface area contributed by atoms with E-state index >= 15 is 0 Å². The van der Waals surface area contributed by atoms with Gasteiger partial charge in [-0.15, -0.1) is 0 Å². The maximum Gasteiger partial charge on any atom is 0.0372 e. The molecular formula is C20H28N2. The Morgan fingerprint density at radius 3 is 2.41 bits per heavy atom. The monoisotopic (exact) mass is 296 g/mol. The first-order chi connectivity index (χ1) is 10.3. The molecule has 0 aromatic heterocycles. The van der Waals surface area contributed by atoms with E-state index in [1.54, 1.807) is 14.1 Å². The number of nitrogens with zero attached hydrogens (tertiary/aromatic N) is 2. The maximum absolute atomic E-state index is 3.99. The number of hydrogen-bond donors (Lipinski definition) is 0. The van der Waals surface area contributed by atoms with E-state index in [2.05, 4.69) is 67.6 Å². The highest BCUT2D eigenvalue weighted by Gasteiger charge is 2.47. The number of rotatable bonds is 2. The van der Waals surface area contributed by atoms with Crippen molar-refractivity contribution in [3.8, 4) is 0 Å². The number of aliphatic imine (C=N–C) groups is 2. The van der Waals surface area contributed by atoms with Crippen LogP contribution in [0.3, 0.4) is 0 Å². The van der Waals surface area contributed by atoms with E-state index in [4.69, 9.17) is 0 Å². The average Bonchev–Trinajstić information content (AvgIpc) is 2.39. The minimum Gasteiger partial charge on any atom is -0.247 e. The molecule has 2 rings (SSSR count). The van der Waals surface area contributed by atoms with Crippen LogP contribution in [-0.4, -0.2) is 25.8 Å². The molecular weight excluding hydrogens is 268 g/mol. The van der Waals surface area contributed by atoms with Crippen molar-refractivity contribution in [3.63, 3.8) is 0 Å². The summed E-state index contributed by atoms with van der Waals surface area (Å²) in [4.78, 5) is 7.96. The molecule has 0 N–H and O–H groups in total. The smallest absolute Gasteiger partial charge is 0.0372 e. The molecule has 118 valence electrons. The number of fused-ring (bicyclic) bond motifs is 1. The summed E-state index contributed by atoms with van der Waals surface area (Å²) in [6.07, 6.45) is 11.1. The van der Waals surface area contributed by atoms with Crippen LogP contribution >= 0.6 is 0 Å². The molecule has 0 aromatic carbocycles. The van der Waals surface area contributed by atoms with Crippen molar-refractivity contribution in [2.24, 2.45) is 32.7 Å². The van der Waals surface area contributed by atoms with Gasteiger partial charge in [-0.25, -0.2) is 9.98 Å². The van der Waals surface area contributed by atoms with Crippen LogP contribution in [0, 0.1) is 22.7 Å². The predicted molar refractivity (Wildman–Crippen MR) is 95.8 cm³/mol. The lowest BCUT2D eigenvalue weighted by Gasteiger charge is -2.51. The van der Waals surface area contributed by atoms with E-state index in [1.165, 1.54) is 11.1 Å². The molecule has 0 aliphatic heterocycles. The predicted octanol–water partition coefficient (Wildman–Crippen LogP) is 4.64. The zero-order valence-electron chi connectivity index (χ0n) is 14.8. The van der Waals surface area contributed by atoms with Crippen LogP contribution < -0.4 is 0 Å². The van der Waals surface area contributed by atoms with Crippen LogP contribution in [0.1, 0.15) is 40.5 Å². The summed E-state index contributed by atoms with van der Waals surface area (Å²) in [7, 11) is 3.54. The molecule has 22 heavy (non-hydrogen) atoms. The molecule has 0 heterocycles. The fourth-order valence-corrected chi connectivity index (χ4v) is 4.63. The van der Waals surface area contributed by atoms with Crippen LogP contribution in [0.15, 0.2) is 45.4 Å². The first-order valence-corrected chi connectivity index (χ1v) is 8.08. The summed E-state index contributed by atoms with van der Waals surface area (Å²) >= 11 is 0. The fourth-order valence-electron chi connectivity index (χ4n) is 4.63. The Morgan fingerprint density at radius 1 is 1.09 bits per heavy atom. The minimum atomic E-state index is 0.249. The van der Waals surface area contributed by atoms with E-state index in [1.807, 2.05) is 6.08 Å². The Balaban J connectivity index is 2.52. The van der Waals surface area contributed by atoms with Gasteiger partial charge in [0.2, 0.25) is 0 Å². The van der Waals surface area contributed by atoms with Gasteiger partial charge in [0.05, 0.1) is 0 Å². The lowest BCUT2D eigenvalue weighted by molar-refractivity contribution is 0.0775. The zero-order chi connectivity index (χ0) is 16.4. The summed E-state index contributed by atoms with van der Waals surface area (Å²) in [6, 6.07) is 0. The number of allylic oxidation sites excluding steroid dienone is 6. The Kier molecular flexibility index (Phi) is 4.75. The third kappa shape index (κ3) is 3.40. The van der Waals surface area contributed by atoms with Crippen LogP contribution in [0.2, 0.25) is 0 Å². The first kappa shape index (κ1) is 16.7. The van der Waals surface area contributed by atoms with Crippen molar-refractivity contribution in [3.05, 3.63) is 35.5 Å². The summed E-state index contributed by atoms with van der Waals surface area (Å²) in [5.41, 5.74) is 3.30. The van der Waals surface area contributed by atoms with Crippen molar-refractivity contribution in [2.75, 3.05) is 14.1 Å². The van der Waals surface area contributed by atoms with Gasteiger partial charge in [0.1, 0.15) is 0 Å². The topological polar surface area (TPSA) is 24.7 Å². The Labute approximate surface area is 135 Å². The second kappa shape index (κ2) is 6.24. The van der Waals surface area contributed by atoms with Gasteiger partial charge >= 0.3 is 0 Å². The largest absolute Gasteiger partial charge is 0.247 e. The second-order valence-corrected chi connectivity index (χ2v) is 7.86. The highest BCUT2D eigenvalue weighted by molar-refractivity contribution is 5.59. The second-order valence-electron chi connectivity index (χ2n) is 7.86. The Bertz CT molecular complexity index is 616. The van der Waals surface area contributed by atoms with Crippen molar-refractivity contribution < 1.29 is 0 Å². The van der Waals surface area contributed by atoms with Gasteiger partial charge in [0.15, 0.2) is 0 Å². The molecule has 0 amide bonds. The molecule has 2 atom stereocenters. The molecule has 0 saturated heterocycles. The van der Waals surface area contributed by atoms with E-state index in [9.17, 15) is 0 Å². The molecule has 2 unspecified atom stereocenters. The van der Waals surface area contributed by atoms with E-state index in [-0.39, 0.29) is 10.8 Å². The first-order valence-electron chi connectivity index (χ1n) is 8.08. The quantitative estimate of drug-likeness (QED) is 0.663. The van der Waals surface area contributed by atoms with Gasteiger partial charge in [0, 0.05) is 26.1 Å². The van der Waals surface area contributed by atoms with Crippen molar-refractivity contribution in [2.45, 2.75) is 40.5 Å². The Morgan fingerprint density at radius 2 is 1.77 bits per heavy atom. The van der Waals surface area contributed by atoms with Crippen molar-refractivity contribution in [1.82, 2.24) is 0 Å². The lowest BCUT2D eigenvalue weighted by atomic mass is 9.53. The highest BCUT2D eigenvalue weighted by atomic mass is 14.6. The molecule has 2 heteroatoms. The van der Waals surface area contributed by atoms with Crippen molar-refractivity contribution in [1.29, 1.82) is 0 Å². The third-order valence-corrected chi connectivity index (χ3v) is 4.87. The highest BCUT2D eigenvalue weighted by Crippen LogP contribution is 2.56. The summed E-state index contributed by atoms with van der Waals surface area (Å²) in [5.74, 6) is 7.00. The molecule has 0 spiro atoms. The molecule has 2 aliphatic carbocycles. The van der Waals surface area contributed by atoms with Gasteiger partial charge < -0.3 is 0 Å². The molecule has 0 bridgehead atoms. The van der Waals surface area contributed by atoms with Gasteiger partial charge in [-0.3, -0.25) is 0 Å². The van der Waals surface area contributed by atoms with E-state index < -0.39 is 0 Å². The van der Waals surface area contributed by atoms with Gasteiger partial charge in [-0.1, -0.05) is 39.8 Å².